The fraction of sp³-hybridized carbons (Fsp3) is 0.462. The van der Waals surface area contributed by atoms with Crippen LogP contribution in [0.5, 0.6) is 5.75 Å². The molecular formula is C13H19O4P. The fourth-order valence-corrected chi connectivity index (χ4v) is 2.67. The minimum absolute atomic E-state index is 0.174. The molecule has 5 heteroatoms. The van der Waals surface area contributed by atoms with E-state index in [2.05, 4.69) is 0 Å². The van der Waals surface area contributed by atoms with Crippen LogP contribution in [0.1, 0.15) is 27.7 Å². The first-order valence-corrected chi connectivity index (χ1v) is 7.49. The molecule has 100 valence electrons. The van der Waals surface area contributed by atoms with Crippen molar-refractivity contribution >= 4 is 13.4 Å². The van der Waals surface area contributed by atoms with Crippen molar-refractivity contribution in [2.24, 2.45) is 0 Å². The summed E-state index contributed by atoms with van der Waals surface area (Å²) in [5.74, 6) is 0.304. The van der Waals surface area contributed by atoms with Crippen LogP contribution in [0.2, 0.25) is 0 Å². The van der Waals surface area contributed by atoms with Crippen molar-refractivity contribution in [1.82, 2.24) is 0 Å². The number of hydrogen-bond donors (Lipinski definition) is 0. The second-order valence-electron chi connectivity index (χ2n) is 4.40. The highest BCUT2D eigenvalue weighted by Gasteiger charge is 2.34. The summed E-state index contributed by atoms with van der Waals surface area (Å²) in [6.45, 7) is 6.47. The number of para-hydroxylation sites is 1. The van der Waals surface area contributed by atoms with Crippen LogP contribution < -0.4 is 4.52 Å². The standard InChI is InChI=1S/C13H19O4P/c1-10(2)18(15,16-12(4)11(3)14)17-13-8-6-5-7-9-13/h5-10,12H,1-4H3. The topological polar surface area (TPSA) is 52.6 Å². The first-order valence-electron chi connectivity index (χ1n) is 5.88. The summed E-state index contributed by atoms with van der Waals surface area (Å²) in [6, 6.07) is 8.82. The summed E-state index contributed by atoms with van der Waals surface area (Å²) >= 11 is 0. The minimum Gasteiger partial charge on any atom is -0.424 e. The summed E-state index contributed by atoms with van der Waals surface area (Å²) in [6.07, 6.45) is -0.734. The fourth-order valence-electron chi connectivity index (χ4n) is 1.17. The molecule has 1 rings (SSSR count). The van der Waals surface area contributed by atoms with E-state index in [0.717, 1.165) is 0 Å². The lowest BCUT2D eigenvalue weighted by Crippen LogP contribution is -2.20. The molecule has 0 aliphatic heterocycles. The van der Waals surface area contributed by atoms with Gasteiger partial charge in [0.05, 0.1) is 5.66 Å². The van der Waals surface area contributed by atoms with Crippen molar-refractivity contribution in [2.75, 3.05) is 0 Å². The van der Waals surface area contributed by atoms with Gasteiger partial charge in [0.25, 0.3) is 0 Å². The second kappa shape index (κ2) is 6.17. The maximum Gasteiger partial charge on any atom is 0.382 e. The Morgan fingerprint density at radius 3 is 2.17 bits per heavy atom. The minimum atomic E-state index is -3.34. The maximum atomic E-state index is 12.6. The molecule has 0 N–H and O–H groups in total. The van der Waals surface area contributed by atoms with Gasteiger partial charge >= 0.3 is 7.60 Å². The van der Waals surface area contributed by atoms with E-state index in [1.807, 2.05) is 6.07 Å². The summed E-state index contributed by atoms with van der Waals surface area (Å²) in [5.41, 5.74) is -0.320. The van der Waals surface area contributed by atoms with Gasteiger partial charge in [0.1, 0.15) is 11.9 Å². The number of Topliss-reactive ketones (excluding diaryl/α,β-unsaturated/α-hetero) is 1. The Bertz CT molecular complexity index is 442. The molecule has 0 spiro atoms. The average molecular weight is 270 g/mol. The molecule has 0 aliphatic carbocycles. The van der Waals surface area contributed by atoms with E-state index in [4.69, 9.17) is 9.05 Å². The Labute approximate surface area is 108 Å². The second-order valence-corrected chi connectivity index (χ2v) is 6.90. The molecule has 0 heterocycles. The van der Waals surface area contributed by atoms with E-state index < -0.39 is 13.7 Å². The zero-order chi connectivity index (χ0) is 13.8. The third-order valence-electron chi connectivity index (χ3n) is 2.49. The number of benzene rings is 1. The van der Waals surface area contributed by atoms with Crippen molar-refractivity contribution in [3.63, 3.8) is 0 Å². The van der Waals surface area contributed by atoms with E-state index in [0.29, 0.717) is 5.75 Å². The first kappa shape index (κ1) is 14.9. The number of hydrogen-bond acceptors (Lipinski definition) is 4. The number of carbonyl (C=O) groups excluding carboxylic acids is 1. The zero-order valence-electron chi connectivity index (χ0n) is 11.1. The van der Waals surface area contributed by atoms with Gasteiger partial charge in [-0.25, -0.2) is 4.57 Å². The Hall–Kier alpha value is -1.12. The van der Waals surface area contributed by atoms with Crippen molar-refractivity contribution in [2.45, 2.75) is 39.5 Å². The zero-order valence-corrected chi connectivity index (χ0v) is 12.0. The molecule has 2 unspecified atom stereocenters. The van der Waals surface area contributed by atoms with E-state index in [1.54, 1.807) is 45.0 Å². The molecule has 18 heavy (non-hydrogen) atoms. The van der Waals surface area contributed by atoms with Gasteiger partial charge in [0.2, 0.25) is 0 Å². The van der Waals surface area contributed by atoms with Crippen LogP contribution in [0.3, 0.4) is 0 Å². The molecule has 0 aromatic heterocycles. The molecule has 0 bridgehead atoms. The van der Waals surface area contributed by atoms with Crippen molar-refractivity contribution < 1.29 is 18.4 Å². The normalized spacial score (nSPS) is 16.1. The average Bonchev–Trinajstić information content (AvgIpc) is 2.29. The summed E-state index contributed by atoms with van der Waals surface area (Å²) in [5, 5.41) is 0. The van der Waals surface area contributed by atoms with E-state index in [9.17, 15) is 9.36 Å². The molecule has 0 aliphatic rings. The predicted octanol–water partition coefficient (Wildman–Crippen LogP) is 3.66. The lowest BCUT2D eigenvalue weighted by atomic mass is 10.3. The van der Waals surface area contributed by atoms with Gasteiger partial charge in [-0.1, -0.05) is 32.0 Å². The molecule has 0 radical (unpaired) electrons. The Kier molecular flexibility index (Phi) is 5.12. The highest BCUT2D eigenvalue weighted by Crippen LogP contribution is 2.53. The smallest absolute Gasteiger partial charge is 0.382 e. The predicted molar refractivity (Wildman–Crippen MR) is 71.0 cm³/mol. The molecule has 0 saturated heterocycles. The molecule has 2 atom stereocenters. The number of rotatable bonds is 6. The SMILES string of the molecule is CC(=O)C(C)OP(=O)(Oc1ccccc1)C(C)C. The van der Waals surface area contributed by atoms with Gasteiger partial charge in [-0.15, -0.1) is 0 Å². The van der Waals surface area contributed by atoms with Crippen molar-refractivity contribution in [3.8, 4) is 5.75 Å². The molecule has 0 saturated carbocycles. The van der Waals surface area contributed by atoms with Crippen LogP contribution in [0, 0.1) is 0 Å². The molecule has 1 aromatic rings. The van der Waals surface area contributed by atoms with E-state index >= 15 is 0 Å². The monoisotopic (exact) mass is 270 g/mol. The van der Waals surface area contributed by atoms with Gasteiger partial charge in [-0.2, -0.15) is 0 Å². The number of carbonyl (C=O) groups is 1. The Morgan fingerprint density at radius 2 is 1.72 bits per heavy atom. The highest BCUT2D eigenvalue weighted by molar-refractivity contribution is 7.55. The van der Waals surface area contributed by atoms with E-state index in [1.165, 1.54) is 6.92 Å². The van der Waals surface area contributed by atoms with Gasteiger partial charge in [0, 0.05) is 0 Å². The van der Waals surface area contributed by atoms with Crippen LogP contribution in [0.4, 0.5) is 0 Å². The van der Waals surface area contributed by atoms with Crippen LogP contribution in [0.15, 0.2) is 30.3 Å². The summed E-state index contributed by atoms with van der Waals surface area (Å²) < 4.78 is 23.4. The van der Waals surface area contributed by atoms with Crippen molar-refractivity contribution in [1.29, 1.82) is 0 Å². The van der Waals surface area contributed by atoms with Crippen molar-refractivity contribution in [3.05, 3.63) is 30.3 Å². The largest absolute Gasteiger partial charge is 0.424 e. The Balaban J connectivity index is 2.88. The first-order chi connectivity index (χ1) is 8.35. The third kappa shape index (κ3) is 3.97. The van der Waals surface area contributed by atoms with Crippen LogP contribution in [-0.2, 0) is 13.9 Å². The van der Waals surface area contributed by atoms with Crippen LogP contribution in [-0.4, -0.2) is 17.5 Å². The Morgan fingerprint density at radius 1 is 1.17 bits per heavy atom. The quantitative estimate of drug-likeness (QED) is 0.740. The highest BCUT2D eigenvalue weighted by atomic mass is 31.2. The van der Waals surface area contributed by atoms with Gasteiger partial charge < -0.3 is 4.52 Å². The molecular weight excluding hydrogens is 251 g/mol. The third-order valence-corrected chi connectivity index (χ3v) is 4.83. The number of ketones is 1. The summed E-state index contributed by atoms with van der Waals surface area (Å²) in [4.78, 5) is 11.2. The van der Waals surface area contributed by atoms with Gasteiger partial charge in [-0.05, 0) is 26.0 Å². The summed E-state index contributed by atoms with van der Waals surface area (Å²) in [7, 11) is -3.34. The maximum absolute atomic E-state index is 12.6. The molecule has 1 aromatic carbocycles. The van der Waals surface area contributed by atoms with Gasteiger partial charge in [0.15, 0.2) is 5.78 Å². The van der Waals surface area contributed by atoms with Gasteiger partial charge in [-0.3, -0.25) is 9.32 Å². The molecule has 4 nitrogen and oxygen atoms in total. The lowest BCUT2D eigenvalue weighted by Gasteiger charge is -2.24. The van der Waals surface area contributed by atoms with Crippen LogP contribution in [0.25, 0.3) is 0 Å². The van der Waals surface area contributed by atoms with E-state index in [-0.39, 0.29) is 11.4 Å². The molecule has 0 amide bonds. The van der Waals surface area contributed by atoms with Crippen LogP contribution >= 0.6 is 7.60 Å². The lowest BCUT2D eigenvalue weighted by molar-refractivity contribution is -0.123. The molecule has 0 fully saturated rings.